The fourth-order valence-electron chi connectivity index (χ4n) is 3.48. The first-order chi connectivity index (χ1) is 14.8. The number of halogens is 3. The molecule has 0 fully saturated rings. The Labute approximate surface area is 181 Å². The normalized spacial score (nSPS) is 11.5. The summed E-state index contributed by atoms with van der Waals surface area (Å²) in [5.74, 6) is -1.38. The zero-order chi connectivity index (χ0) is 22.3. The van der Waals surface area contributed by atoms with Crippen molar-refractivity contribution in [3.63, 3.8) is 0 Å². The number of hydrogen-bond acceptors (Lipinski definition) is 3. The molecule has 2 aromatic carbocycles. The number of aromatic nitrogens is 4. The third-order valence-corrected chi connectivity index (χ3v) is 5.14. The zero-order valence-electron chi connectivity index (χ0n) is 16.8. The van der Waals surface area contributed by atoms with E-state index in [1.54, 1.807) is 24.3 Å². The molecule has 9 heteroatoms. The van der Waals surface area contributed by atoms with Gasteiger partial charge in [-0.3, -0.25) is 9.36 Å². The average molecular weight is 445 g/mol. The van der Waals surface area contributed by atoms with Gasteiger partial charge in [-0.25, -0.2) is 23.1 Å². The first-order valence-electron chi connectivity index (χ1n) is 9.67. The van der Waals surface area contributed by atoms with E-state index < -0.39 is 22.9 Å². The van der Waals surface area contributed by atoms with Crippen LogP contribution in [0.25, 0.3) is 16.9 Å². The summed E-state index contributed by atoms with van der Waals surface area (Å²) in [6, 6.07) is 9.85. The maximum Gasteiger partial charge on any atom is 0.337 e. The second kappa shape index (κ2) is 8.11. The fraction of sp³-hybridized carbons (Fsp3) is 0.227. The van der Waals surface area contributed by atoms with Crippen molar-refractivity contribution in [2.75, 3.05) is 0 Å². The van der Waals surface area contributed by atoms with Gasteiger partial charge in [0.05, 0.1) is 18.6 Å². The molecule has 2 aromatic heterocycles. The molecular formula is C22H19ClF2N4O2. The summed E-state index contributed by atoms with van der Waals surface area (Å²) in [7, 11) is 0. The van der Waals surface area contributed by atoms with E-state index in [4.69, 9.17) is 11.6 Å². The Kier molecular flexibility index (Phi) is 5.49. The topological polar surface area (TPSA) is 61.8 Å². The number of rotatable bonds is 5. The Balaban J connectivity index is 1.98. The molecule has 0 unspecified atom stereocenters. The van der Waals surface area contributed by atoms with Gasteiger partial charge in [0.2, 0.25) is 0 Å². The highest BCUT2D eigenvalue weighted by Gasteiger charge is 2.20. The van der Waals surface area contributed by atoms with Crippen LogP contribution in [0.3, 0.4) is 0 Å². The molecule has 0 aliphatic carbocycles. The molecule has 4 aromatic rings. The van der Waals surface area contributed by atoms with Crippen LogP contribution in [0.1, 0.15) is 19.4 Å². The van der Waals surface area contributed by atoms with Gasteiger partial charge in [-0.2, -0.15) is 0 Å². The molecule has 0 spiro atoms. The predicted molar refractivity (Wildman–Crippen MR) is 115 cm³/mol. The van der Waals surface area contributed by atoms with Crippen LogP contribution in [0.4, 0.5) is 8.78 Å². The predicted octanol–water partition coefficient (Wildman–Crippen LogP) is 3.98. The number of fused-ring (bicyclic) bond motifs is 1. The van der Waals surface area contributed by atoms with Gasteiger partial charge in [-0.15, -0.1) is 0 Å². The number of hydrogen-bond donors (Lipinski definition) is 0. The molecule has 0 radical (unpaired) electrons. The summed E-state index contributed by atoms with van der Waals surface area (Å²) in [4.78, 5) is 30.8. The Morgan fingerprint density at radius 3 is 2.42 bits per heavy atom. The van der Waals surface area contributed by atoms with Gasteiger partial charge in [0.25, 0.3) is 5.56 Å². The van der Waals surface area contributed by atoms with Crippen LogP contribution >= 0.6 is 11.6 Å². The maximum atomic E-state index is 14.2. The minimum absolute atomic E-state index is 0.0347. The van der Waals surface area contributed by atoms with E-state index in [9.17, 15) is 18.4 Å². The first kappa shape index (κ1) is 21.0. The monoisotopic (exact) mass is 444 g/mol. The van der Waals surface area contributed by atoms with Crippen LogP contribution in [0.5, 0.6) is 0 Å². The van der Waals surface area contributed by atoms with E-state index in [0.29, 0.717) is 10.7 Å². The molecule has 160 valence electrons. The standard InChI is InChI=1S/C22H19ClF2N4O2/c1-13(2)10-28-21(30)19-20(29(22(28)31)17-7-4-15(23)5-8-17)26-12-27(19)11-14-3-6-16(24)9-18(14)25/h3-9,12-13H,10-11H2,1-2H3. The van der Waals surface area contributed by atoms with Crippen LogP contribution < -0.4 is 11.2 Å². The summed E-state index contributed by atoms with van der Waals surface area (Å²) in [5, 5.41) is 0.501. The molecule has 0 saturated carbocycles. The number of nitrogens with zero attached hydrogens (tertiary/aromatic N) is 4. The summed E-state index contributed by atoms with van der Waals surface area (Å²) in [6.07, 6.45) is 1.38. The summed E-state index contributed by atoms with van der Waals surface area (Å²) in [5.41, 5.74) is -0.0423. The van der Waals surface area contributed by atoms with Gasteiger partial charge in [0.1, 0.15) is 11.6 Å². The lowest BCUT2D eigenvalue weighted by atomic mass is 10.2. The highest BCUT2D eigenvalue weighted by atomic mass is 35.5. The number of benzene rings is 2. The van der Waals surface area contributed by atoms with Gasteiger partial charge >= 0.3 is 5.69 Å². The van der Waals surface area contributed by atoms with E-state index in [2.05, 4.69) is 4.98 Å². The van der Waals surface area contributed by atoms with Crippen LogP contribution in [-0.4, -0.2) is 18.7 Å². The van der Waals surface area contributed by atoms with Crippen molar-refractivity contribution in [1.82, 2.24) is 18.7 Å². The van der Waals surface area contributed by atoms with E-state index in [1.807, 2.05) is 13.8 Å². The fourth-order valence-corrected chi connectivity index (χ4v) is 3.61. The SMILES string of the molecule is CC(C)Cn1c(=O)c2c(ncn2Cc2ccc(F)cc2F)n(-c2ccc(Cl)cc2)c1=O. The van der Waals surface area contributed by atoms with Crippen LogP contribution in [-0.2, 0) is 13.1 Å². The highest BCUT2D eigenvalue weighted by molar-refractivity contribution is 6.30. The zero-order valence-corrected chi connectivity index (χ0v) is 17.6. The molecule has 31 heavy (non-hydrogen) atoms. The van der Waals surface area contributed by atoms with Crippen molar-refractivity contribution >= 4 is 22.8 Å². The molecule has 2 heterocycles. The van der Waals surface area contributed by atoms with Crippen molar-refractivity contribution in [2.45, 2.75) is 26.9 Å². The van der Waals surface area contributed by atoms with Crippen LogP contribution in [0.15, 0.2) is 58.4 Å². The minimum Gasteiger partial charge on any atom is -0.320 e. The van der Waals surface area contributed by atoms with Crippen molar-refractivity contribution in [3.8, 4) is 5.69 Å². The lowest BCUT2D eigenvalue weighted by molar-refractivity contribution is 0.488. The average Bonchev–Trinajstić information content (AvgIpc) is 3.12. The second-order valence-corrected chi connectivity index (χ2v) is 8.12. The van der Waals surface area contributed by atoms with Gasteiger partial charge in [-0.05, 0) is 36.2 Å². The summed E-state index contributed by atoms with van der Waals surface area (Å²) < 4.78 is 31.4. The number of imidazole rings is 1. The first-order valence-corrected chi connectivity index (χ1v) is 10.0. The molecule has 0 amide bonds. The van der Waals surface area contributed by atoms with Gasteiger partial charge in [-0.1, -0.05) is 31.5 Å². The Morgan fingerprint density at radius 2 is 1.77 bits per heavy atom. The molecule has 0 aliphatic heterocycles. The van der Waals surface area contributed by atoms with E-state index in [1.165, 1.54) is 21.5 Å². The lowest BCUT2D eigenvalue weighted by Gasteiger charge is -2.14. The molecule has 4 rings (SSSR count). The van der Waals surface area contributed by atoms with E-state index >= 15 is 0 Å². The van der Waals surface area contributed by atoms with Gasteiger partial charge in [0, 0.05) is 23.2 Å². The van der Waals surface area contributed by atoms with Crippen molar-refractivity contribution in [3.05, 3.63) is 91.9 Å². The van der Waals surface area contributed by atoms with E-state index in [-0.39, 0.29) is 35.7 Å². The Hall–Kier alpha value is -3.26. The van der Waals surface area contributed by atoms with Crippen LogP contribution in [0.2, 0.25) is 5.02 Å². The maximum absolute atomic E-state index is 14.2. The molecular weight excluding hydrogens is 426 g/mol. The van der Waals surface area contributed by atoms with Gasteiger partial charge in [0.15, 0.2) is 11.2 Å². The van der Waals surface area contributed by atoms with Crippen molar-refractivity contribution < 1.29 is 8.78 Å². The Morgan fingerprint density at radius 1 is 1.06 bits per heavy atom. The lowest BCUT2D eigenvalue weighted by Crippen LogP contribution is -2.41. The van der Waals surface area contributed by atoms with Crippen molar-refractivity contribution in [2.24, 2.45) is 5.92 Å². The van der Waals surface area contributed by atoms with Gasteiger partial charge < -0.3 is 4.57 Å². The summed E-state index contributed by atoms with van der Waals surface area (Å²) in [6.45, 7) is 3.96. The van der Waals surface area contributed by atoms with Crippen LogP contribution in [0, 0.1) is 17.6 Å². The third kappa shape index (κ3) is 3.90. The highest BCUT2D eigenvalue weighted by Crippen LogP contribution is 2.18. The molecule has 0 atom stereocenters. The third-order valence-electron chi connectivity index (χ3n) is 4.89. The molecule has 6 nitrogen and oxygen atoms in total. The Bertz CT molecular complexity index is 1390. The quantitative estimate of drug-likeness (QED) is 0.467. The second-order valence-electron chi connectivity index (χ2n) is 7.68. The smallest absolute Gasteiger partial charge is 0.320 e. The van der Waals surface area contributed by atoms with E-state index in [0.717, 1.165) is 16.7 Å². The van der Waals surface area contributed by atoms with Crippen molar-refractivity contribution in [1.29, 1.82) is 0 Å². The molecule has 0 N–H and O–H groups in total. The molecule has 0 bridgehead atoms. The minimum atomic E-state index is -0.727. The molecule has 0 saturated heterocycles. The largest absolute Gasteiger partial charge is 0.337 e. The summed E-state index contributed by atoms with van der Waals surface area (Å²) >= 11 is 5.98. The molecule has 0 aliphatic rings.